The van der Waals surface area contributed by atoms with Gasteiger partial charge in [0.05, 0.1) is 24.8 Å². The van der Waals surface area contributed by atoms with Crippen LogP contribution in [-0.4, -0.2) is 31.6 Å². The van der Waals surface area contributed by atoms with Crippen LogP contribution >= 0.6 is 11.5 Å². The van der Waals surface area contributed by atoms with Gasteiger partial charge >= 0.3 is 0 Å². The van der Waals surface area contributed by atoms with Gasteiger partial charge in [-0.15, -0.1) is 0 Å². The van der Waals surface area contributed by atoms with Crippen LogP contribution in [0.4, 0.5) is 5.69 Å². The molecule has 4 aromatic rings. The Kier molecular flexibility index (Phi) is 6.62. The molecule has 0 aliphatic carbocycles. The highest BCUT2D eigenvalue weighted by molar-refractivity contribution is 7.90. The van der Waals surface area contributed by atoms with E-state index in [-0.39, 0.29) is 10.8 Å². The van der Waals surface area contributed by atoms with Crippen LogP contribution in [0.1, 0.15) is 5.56 Å². The Bertz CT molecular complexity index is 1400. The molecule has 0 unspecified atom stereocenters. The number of ether oxygens (including phenoxy) is 2. The van der Waals surface area contributed by atoms with Crippen molar-refractivity contribution in [2.45, 2.75) is 17.7 Å². The number of aromatic nitrogens is 2. The molecule has 0 aliphatic heterocycles. The van der Waals surface area contributed by atoms with Crippen LogP contribution in [-0.2, 0) is 15.7 Å². The van der Waals surface area contributed by atoms with Gasteiger partial charge in [0.15, 0.2) is 15.7 Å². The van der Waals surface area contributed by atoms with Crippen LogP contribution in [0.2, 0.25) is 0 Å². The second kappa shape index (κ2) is 9.60. The molecule has 33 heavy (non-hydrogen) atoms. The zero-order valence-electron chi connectivity index (χ0n) is 18.4. The zero-order valence-corrected chi connectivity index (χ0v) is 20.1. The van der Waals surface area contributed by atoms with E-state index in [9.17, 15) is 8.42 Å². The lowest BCUT2D eigenvalue weighted by Gasteiger charge is -2.09. The molecule has 0 spiro atoms. The van der Waals surface area contributed by atoms with Gasteiger partial charge in [-0.2, -0.15) is 4.98 Å². The molecule has 1 heterocycles. The summed E-state index contributed by atoms with van der Waals surface area (Å²) >= 11 is 1.19. The quantitative estimate of drug-likeness (QED) is 0.385. The smallest absolute Gasteiger partial charge is 0.228 e. The second-order valence-electron chi connectivity index (χ2n) is 7.28. The minimum atomic E-state index is -3.59. The Labute approximate surface area is 196 Å². The molecule has 0 radical (unpaired) electrons. The normalized spacial score (nSPS) is 12.0. The number of nitrogens with zero attached hydrogens (tertiary/aromatic N) is 3. The van der Waals surface area contributed by atoms with Crippen LogP contribution in [0.15, 0.2) is 82.7 Å². The van der Waals surface area contributed by atoms with Crippen molar-refractivity contribution >= 4 is 27.1 Å². The fourth-order valence-electron chi connectivity index (χ4n) is 3.13. The maximum Gasteiger partial charge on any atom is 0.228 e. The number of methoxy groups -OCH3 is 2. The molecule has 0 N–H and O–H groups in total. The van der Waals surface area contributed by atoms with E-state index < -0.39 is 9.84 Å². The third kappa shape index (κ3) is 5.32. The number of hydrogen-bond acceptors (Lipinski definition) is 7. The fraction of sp³-hybridized carbons (Fsp3) is 0.167. The average Bonchev–Trinajstić information content (AvgIpc) is 3.21. The summed E-state index contributed by atoms with van der Waals surface area (Å²) in [6.45, 7) is 1.92. The molecule has 1 aromatic heterocycles. The predicted molar refractivity (Wildman–Crippen MR) is 129 cm³/mol. The molecule has 3 aromatic carbocycles. The van der Waals surface area contributed by atoms with Crippen LogP contribution in [0, 0.1) is 6.92 Å². The lowest BCUT2D eigenvalue weighted by atomic mass is 10.2. The number of aryl methyl sites for hydroxylation is 1. The van der Waals surface area contributed by atoms with Gasteiger partial charge in [-0.3, -0.25) is 3.96 Å². The van der Waals surface area contributed by atoms with Crippen LogP contribution in [0.25, 0.3) is 11.4 Å². The van der Waals surface area contributed by atoms with Crippen molar-refractivity contribution in [2.24, 2.45) is 4.99 Å². The van der Waals surface area contributed by atoms with E-state index in [0.29, 0.717) is 22.1 Å². The number of benzene rings is 3. The second-order valence-corrected chi connectivity index (χ2v) is 10.2. The van der Waals surface area contributed by atoms with Crippen molar-refractivity contribution in [3.05, 3.63) is 83.2 Å². The van der Waals surface area contributed by atoms with Gasteiger partial charge in [-0.1, -0.05) is 17.7 Å². The summed E-state index contributed by atoms with van der Waals surface area (Å²) in [4.78, 5) is 9.94. The molecule has 0 aliphatic rings. The van der Waals surface area contributed by atoms with E-state index >= 15 is 0 Å². The van der Waals surface area contributed by atoms with Gasteiger partial charge in [0.2, 0.25) is 4.80 Å². The number of sulfone groups is 1. The fourth-order valence-corrected chi connectivity index (χ4v) is 5.59. The lowest BCUT2D eigenvalue weighted by Crippen LogP contribution is -2.10. The maximum absolute atomic E-state index is 13.1. The Morgan fingerprint density at radius 2 is 1.45 bits per heavy atom. The highest BCUT2D eigenvalue weighted by Gasteiger charge is 2.19. The van der Waals surface area contributed by atoms with Crippen molar-refractivity contribution < 1.29 is 17.9 Å². The van der Waals surface area contributed by atoms with Gasteiger partial charge < -0.3 is 9.47 Å². The van der Waals surface area contributed by atoms with Crippen LogP contribution in [0.5, 0.6) is 11.5 Å². The van der Waals surface area contributed by atoms with Crippen molar-refractivity contribution in [2.75, 3.05) is 14.2 Å². The van der Waals surface area contributed by atoms with E-state index in [1.807, 2.05) is 55.5 Å². The van der Waals surface area contributed by atoms with Gasteiger partial charge in [-0.25, -0.2) is 13.4 Å². The largest absolute Gasteiger partial charge is 0.497 e. The lowest BCUT2D eigenvalue weighted by molar-refractivity contribution is 0.414. The monoisotopic (exact) mass is 481 g/mol. The molecule has 0 bridgehead atoms. The summed E-state index contributed by atoms with van der Waals surface area (Å²) < 4.78 is 38.3. The molecule has 4 rings (SSSR count). The van der Waals surface area contributed by atoms with Gasteiger partial charge in [0, 0.05) is 5.56 Å². The molecule has 0 saturated heterocycles. The highest BCUT2D eigenvalue weighted by Crippen LogP contribution is 2.24. The number of hydrogen-bond donors (Lipinski definition) is 0. The predicted octanol–water partition coefficient (Wildman–Crippen LogP) is 4.60. The first-order valence-corrected chi connectivity index (χ1v) is 12.5. The minimum absolute atomic E-state index is 0.243. The van der Waals surface area contributed by atoms with Gasteiger partial charge in [0.1, 0.15) is 17.4 Å². The summed E-state index contributed by atoms with van der Waals surface area (Å²) in [5.41, 5.74) is 2.46. The third-order valence-corrected chi connectivity index (χ3v) is 7.56. The van der Waals surface area contributed by atoms with Crippen LogP contribution in [0.3, 0.4) is 0 Å². The highest BCUT2D eigenvalue weighted by atomic mass is 32.2. The molecule has 0 saturated carbocycles. The molecule has 7 nitrogen and oxygen atoms in total. The first-order chi connectivity index (χ1) is 15.9. The summed E-state index contributed by atoms with van der Waals surface area (Å²) in [7, 11) is -0.394. The molecule has 170 valence electrons. The van der Waals surface area contributed by atoms with Crippen molar-refractivity contribution in [3.8, 4) is 22.9 Å². The van der Waals surface area contributed by atoms with Crippen molar-refractivity contribution in [1.29, 1.82) is 0 Å². The Morgan fingerprint density at radius 3 is 2.03 bits per heavy atom. The Morgan fingerprint density at radius 1 is 0.879 bits per heavy atom. The maximum atomic E-state index is 13.1. The summed E-state index contributed by atoms with van der Waals surface area (Å²) in [5, 5.41) is 0. The van der Waals surface area contributed by atoms with Gasteiger partial charge in [-0.05, 0) is 79.1 Å². The summed E-state index contributed by atoms with van der Waals surface area (Å²) in [6, 6.07) is 21.4. The van der Waals surface area contributed by atoms with E-state index in [1.165, 1.54) is 11.5 Å². The molecular formula is C24H23N3O4S2. The molecule has 0 atom stereocenters. The number of rotatable bonds is 7. The Balaban J connectivity index is 1.77. The van der Waals surface area contributed by atoms with Crippen molar-refractivity contribution in [1.82, 2.24) is 8.94 Å². The first kappa shape index (κ1) is 22.8. The van der Waals surface area contributed by atoms with E-state index in [0.717, 1.165) is 16.9 Å². The zero-order chi connectivity index (χ0) is 23.4. The molecular weight excluding hydrogens is 458 g/mol. The van der Waals surface area contributed by atoms with Crippen molar-refractivity contribution in [3.63, 3.8) is 0 Å². The summed E-state index contributed by atoms with van der Waals surface area (Å²) in [5.74, 6) is 1.71. The van der Waals surface area contributed by atoms with E-state index in [4.69, 9.17) is 9.47 Å². The minimum Gasteiger partial charge on any atom is -0.497 e. The molecule has 0 fully saturated rings. The third-order valence-electron chi connectivity index (χ3n) is 4.94. The summed E-state index contributed by atoms with van der Waals surface area (Å²) in [6.07, 6.45) is 0. The standard InChI is InChI=1S/C24H23N3O4S2/c1-17-4-14-22(15-5-17)33(28,29)16-27-23(18-6-10-20(30-2)11-7-18)26-24(32-27)25-19-8-12-21(31-3)13-9-19/h4-15H,16H2,1-3H3. The Hall–Kier alpha value is -3.43. The average molecular weight is 482 g/mol. The van der Waals surface area contributed by atoms with E-state index in [1.54, 1.807) is 42.4 Å². The first-order valence-electron chi connectivity index (χ1n) is 10.1. The topological polar surface area (TPSA) is 82.8 Å². The molecule has 0 amide bonds. The van der Waals surface area contributed by atoms with E-state index in [2.05, 4.69) is 9.98 Å². The van der Waals surface area contributed by atoms with Crippen LogP contribution < -0.4 is 14.3 Å². The molecule has 9 heteroatoms. The van der Waals surface area contributed by atoms with Gasteiger partial charge in [0.25, 0.3) is 0 Å². The SMILES string of the molecule is COc1ccc(N=c2nc(-c3ccc(OC)cc3)n(CS(=O)(=O)c3ccc(C)cc3)s2)cc1.